The van der Waals surface area contributed by atoms with E-state index < -0.39 is 11.7 Å². The second-order valence-corrected chi connectivity index (χ2v) is 7.92. The summed E-state index contributed by atoms with van der Waals surface area (Å²) in [6.45, 7) is 4.24. The molecular formula is C22H18F3NS. The van der Waals surface area contributed by atoms with Gasteiger partial charge in [-0.25, -0.2) is 0 Å². The molecule has 0 amide bonds. The predicted octanol–water partition coefficient (Wildman–Crippen LogP) is 7.76. The van der Waals surface area contributed by atoms with Crippen molar-refractivity contribution in [2.45, 2.75) is 35.7 Å². The Hall–Kier alpha value is -2.40. The van der Waals surface area contributed by atoms with E-state index in [-0.39, 0.29) is 0 Å². The van der Waals surface area contributed by atoms with Gasteiger partial charge >= 0.3 is 6.18 Å². The lowest BCUT2D eigenvalue weighted by Crippen LogP contribution is -2.16. The first-order valence-electron chi connectivity index (χ1n) is 8.73. The highest BCUT2D eigenvalue weighted by Gasteiger charge is 2.33. The van der Waals surface area contributed by atoms with Gasteiger partial charge < -0.3 is 4.90 Å². The Morgan fingerprint density at radius 2 is 1.48 bits per heavy atom. The summed E-state index contributed by atoms with van der Waals surface area (Å²) in [5.74, 6) is 0.396. The van der Waals surface area contributed by atoms with Gasteiger partial charge in [0.05, 0.1) is 16.9 Å². The van der Waals surface area contributed by atoms with Gasteiger partial charge in [-0.3, -0.25) is 0 Å². The van der Waals surface area contributed by atoms with Crippen LogP contribution < -0.4 is 4.90 Å². The van der Waals surface area contributed by atoms with Crippen molar-refractivity contribution >= 4 is 28.8 Å². The summed E-state index contributed by atoms with van der Waals surface area (Å²) in [6.07, 6.45) is -4.37. The highest BCUT2D eigenvalue weighted by Crippen LogP contribution is 2.52. The molecular weight excluding hydrogens is 367 g/mol. The van der Waals surface area contributed by atoms with Gasteiger partial charge in [-0.05, 0) is 53.9 Å². The number of rotatable bonds is 2. The van der Waals surface area contributed by atoms with Crippen molar-refractivity contribution in [1.29, 1.82) is 0 Å². The SMILES string of the molecule is CC(C)c1ccc(N2c3ccccc3Sc3ccc(C(F)(F)F)cc32)cc1. The molecule has 27 heavy (non-hydrogen) atoms. The van der Waals surface area contributed by atoms with Gasteiger partial charge in [0.25, 0.3) is 0 Å². The van der Waals surface area contributed by atoms with E-state index in [1.54, 1.807) is 6.07 Å². The molecule has 0 saturated heterocycles. The molecule has 1 aliphatic rings. The van der Waals surface area contributed by atoms with Gasteiger partial charge in [0.15, 0.2) is 0 Å². The highest BCUT2D eigenvalue weighted by molar-refractivity contribution is 7.99. The fraction of sp³-hybridized carbons (Fsp3) is 0.182. The van der Waals surface area contributed by atoms with Crippen molar-refractivity contribution in [3.8, 4) is 0 Å². The molecule has 0 fully saturated rings. The predicted molar refractivity (Wildman–Crippen MR) is 104 cm³/mol. The number of fused-ring (bicyclic) bond motifs is 2. The minimum atomic E-state index is -4.37. The number of benzene rings is 3. The molecule has 0 saturated carbocycles. The first-order chi connectivity index (χ1) is 12.8. The fourth-order valence-electron chi connectivity index (χ4n) is 3.22. The van der Waals surface area contributed by atoms with E-state index in [9.17, 15) is 13.2 Å². The topological polar surface area (TPSA) is 3.24 Å². The van der Waals surface area contributed by atoms with Crippen LogP contribution in [0.3, 0.4) is 0 Å². The van der Waals surface area contributed by atoms with Gasteiger partial charge in [0.1, 0.15) is 0 Å². The smallest absolute Gasteiger partial charge is 0.308 e. The summed E-state index contributed by atoms with van der Waals surface area (Å²) < 4.78 is 39.9. The van der Waals surface area contributed by atoms with Crippen molar-refractivity contribution in [2.24, 2.45) is 0 Å². The van der Waals surface area contributed by atoms with Crippen LogP contribution in [0.1, 0.15) is 30.9 Å². The largest absolute Gasteiger partial charge is 0.416 e. The summed E-state index contributed by atoms with van der Waals surface area (Å²) in [5.41, 5.74) is 2.87. The number of alkyl halides is 3. The van der Waals surface area contributed by atoms with Crippen LogP contribution in [0, 0.1) is 0 Å². The number of nitrogens with zero attached hydrogens (tertiary/aromatic N) is 1. The van der Waals surface area contributed by atoms with Crippen LogP contribution >= 0.6 is 11.8 Å². The lowest BCUT2D eigenvalue weighted by molar-refractivity contribution is -0.137. The maximum Gasteiger partial charge on any atom is 0.416 e. The summed E-state index contributed by atoms with van der Waals surface area (Å²) in [4.78, 5) is 3.76. The molecule has 1 aliphatic heterocycles. The van der Waals surface area contributed by atoms with E-state index in [1.807, 2.05) is 53.4 Å². The van der Waals surface area contributed by atoms with E-state index in [1.165, 1.54) is 23.4 Å². The molecule has 0 aliphatic carbocycles. The zero-order valence-electron chi connectivity index (χ0n) is 14.9. The third-order valence-corrected chi connectivity index (χ3v) is 5.80. The maximum absolute atomic E-state index is 13.3. The van der Waals surface area contributed by atoms with Crippen molar-refractivity contribution < 1.29 is 13.2 Å². The number of hydrogen-bond donors (Lipinski definition) is 0. The van der Waals surface area contributed by atoms with E-state index in [0.29, 0.717) is 11.6 Å². The number of para-hydroxylation sites is 1. The highest BCUT2D eigenvalue weighted by atomic mass is 32.2. The van der Waals surface area contributed by atoms with Gasteiger partial charge in [-0.2, -0.15) is 13.2 Å². The van der Waals surface area contributed by atoms with Crippen molar-refractivity contribution in [3.63, 3.8) is 0 Å². The molecule has 0 N–H and O–H groups in total. The van der Waals surface area contributed by atoms with E-state index in [2.05, 4.69) is 13.8 Å². The second-order valence-electron chi connectivity index (χ2n) is 6.83. The van der Waals surface area contributed by atoms with E-state index in [0.717, 1.165) is 27.2 Å². The lowest BCUT2D eigenvalue weighted by atomic mass is 10.0. The molecule has 0 atom stereocenters. The first kappa shape index (κ1) is 18.0. The Morgan fingerprint density at radius 1 is 0.815 bits per heavy atom. The van der Waals surface area contributed by atoms with Crippen LogP contribution in [0.4, 0.5) is 30.2 Å². The molecule has 3 aromatic rings. The van der Waals surface area contributed by atoms with Crippen LogP contribution in [-0.4, -0.2) is 0 Å². The van der Waals surface area contributed by atoms with Crippen LogP contribution in [0.2, 0.25) is 0 Å². The van der Waals surface area contributed by atoms with Crippen LogP contribution in [0.5, 0.6) is 0 Å². The molecule has 0 spiro atoms. The van der Waals surface area contributed by atoms with Crippen LogP contribution in [0.25, 0.3) is 0 Å². The average Bonchev–Trinajstić information content (AvgIpc) is 2.65. The average molecular weight is 385 g/mol. The van der Waals surface area contributed by atoms with Gasteiger partial charge in [-0.15, -0.1) is 0 Å². The Morgan fingerprint density at radius 3 is 2.15 bits per heavy atom. The number of anilines is 3. The summed E-state index contributed by atoms with van der Waals surface area (Å²) in [6, 6.07) is 19.8. The molecule has 3 aromatic carbocycles. The molecule has 0 radical (unpaired) electrons. The maximum atomic E-state index is 13.3. The zero-order chi connectivity index (χ0) is 19.2. The Kier molecular flexibility index (Phi) is 4.42. The Balaban J connectivity index is 1.89. The molecule has 4 rings (SSSR count). The molecule has 0 bridgehead atoms. The minimum Gasteiger partial charge on any atom is -0.308 e. The van der Waals surface area contributed by atoms with Gasteiger partial charge in [0, 0.05) is 15.5 Å². The minimum absolute atomic E-state index is 0.396. The van der Waals surface area contributed by atoms with Gasteiger partial charge in [-0.1, -0.05) is 49.9 Å². The second kappa shape index (κ2) is 6.64. The molecule has 1 heterocycles. The third-order valence-electron chi connectivity index (χ3n) is 4.67. The quantitative estimate of drug-likeness (QED) is 0.347. The van der Waals surface area contributed by atoms with Crippen molar-refractivity contribution in [2.75, 3.05) is 4.90 Å². The number of hydrogen-bond acceptors (Lipinski definition) is 2. The van der Waals surface area contributed by atoms with Gasteiger partial charge in [0.2, 0.25) is 0 Å². The molecule has 1 nitrogen and oxygen atoms in total. The van der Waals surface area contributed by atoms with Crippen molar-refractivity contribution in [1.82, 2.24) is 0 Å². The standard InChI is InChI=1S/C22H18F3NS/c1-14(2)15-7-10-17(11-8-15)26-18-5-3-4-6-20(18)27-21-12-9-16(13-19(21)26)22(23,24)25/h3-14H,1-2H3. The monoisotopic (exact) mass is 385 g/mol. The third kappa shape index (κ3) is 3.32. The number of halogens is 3. The lowest BCUT2D eigenvalue weighted by Gasteiger charge is -2.33. The van der Waals surface area contributed by atoms with Crippen LogP contribution in [0.15, 0.2) is 76.5 Å². The fourth-order valence-corrected chi connectivity index (χ4v) is 4.26. The molecule has 138 valence electrons. The summed E-state index contributed by atoms with van der Waals surface area (Å²) >= 11 is 1.50. The van der Waals surface area contributed by atoms with Crippen molar-refractivity contribution in [3.05, 3.63) is 77.9 Å². The first-order valence-corrected chi connectivity index (χ1v) is 9.54. The molecule has 0 aromatic heterocycles. The van der Waals surface area contributed by atoms with Crippen LogP contribution in [-0.2, 0) is 6.18 Å². The normalized spacial score (nSPS) is 13.5. The summed E-state index contributed by atoms with van der Waals surface area (Å²) in [5, 5.41) is 0. The summed E-state index contributed by atoms with van der Waals surface area (Å²) in [7, 11) is 0. The zero-order valence-corrected chi connectivity index (χ0v) is 15.7. The molecule has 5 heteroatoms. The Bertz CT molecular complexity index is 978. The van der Waals surface area contributed by atoms with E-state index >= 15 is 0 Å². The van der Waals surface area contributed by atoms with E-state index in [4.69, 9.17) is 0 Å². The Labute approximate surface area is 160 Å². The molecule has 0 unspecified atom stereocenters.